The van der Waals surface area contributed by atoms with Crippen LogP contribution in [0.15, 0.2) is 79.3 Å². The fourth-order valence-corrected chi connectivity index (χ4v) is 8.69. The molecule has 20 heteroatoms. The molecule has 2 aliphatic carbocycles. The molecule has 2 saturated carbocycles. The SMILES string of the molecule is CCC[C@H](NC(=O)[C@@H]1CN(C(=O)Nc2ccccc2)C[C@@H]1NC(=O)[C@@H](NC(=O)[C@@H](NC(=O)c1cnccn1)C1CCCCC1)C(C)(C)C)C(=O)C(=O)NCC(=O)N[C@H](C(=O)NC1CC1)c1ccccc1. The van der Waals surface area contributed by atoms with Crippen LogP contribution in [-0.4, -0.2) is 118 Å². The van der Waals surface area contributed by atoms with Crippen molar-refractivity contribution >= 4 is 58.9 Å². The van der Waals surface area contributed by atoms with Crippen LogP contribution >= 0.6 is 0 Å². The number of benzene rings is 2. The Hall–Kier alpha value is -7.25. The van der Waals surface area contributed by atoms with Crippen molar-refractivity contribution in [3.05, 3.63) is 90.5 Å². The summed E-state index contributed by atoms with van der Waals surface area (Å²) in [5, 5.41) is 21.9. The summed E-state index contributed by atoms with van der Waals surface area (Å²) in [7, 11) is 0. The molecule has 3 aromatic rings. The molecule has 0 bridgehead atoms. The van der Waals surface area contributed by atoms with Crippen LogP contribution in [0.5, 0.6) is 0 Å². The standard InChI is InChI=1S/C50H65N11O9/c1-5-15-35(41(63)47(68)53-27-38(62)58-39(30-16-9-6-10-17-30)45(66)54-33-22-23-33)56-43(64)34-28-61(49(70)55-32-20-13-8-14-21-32)29-37(34)57-48(69)42(50(2,3)4)60-46(67)40(31-18-11-7-12-19-31)59-44(65)36-26-51-24-25-52-36/h6,8-10,13-14,16-17,20-21,24-26,31,33-35,37,39-40,42H,5,7,11-12,15,18-19,22-23,27-29H2,1-4H3,(H,53,68)(H,54,66)(H,55,70)(H,56,64)(H,57,69)(H,58,62)(H,59,65)(H,60,67)/t34-,35+,37+,39+,40+,42-/m1/s1. The number of hydrogen-bond donors (Lipinski definition) is 8. The van der Waals surface area contributed by atoms with Crippen LogP contribution in [0.3, 0.4) is 0 Å². The second-order valence-electron chi connectivity index (χ2n) is 19.3. The van der Waals surface area contributed by atoms with Crippen LogP contribution in [0, 0.1) is 17.3 Å². The first kappa shape index (κ1) is 52.1. The maximum atomic E-state index is 14.5. The molecular weight excluding hydrogens is 899 g/mol. The molecule has 3 fully saturated rings. The molecule has 374 valence electrons. The van der Waals surface area contributed by atoms with Gasteiger partial charge in [0.05, 0.1) is 30.7 Å². The molecule has 0 radical (unpaired) electrons. The third-order valence-corrected chi connectivity index (χ3v) is 12.7. The van der Waals surface area contributed by atoms with Gasteiger partial charge in [-0.25, -0.2) is 9.78 Å². The Labute approximate surface area is 407 Å². The highest BCUT2D eigenvalue weighted by atomic mass is 16.2. The van der Waals surface area contributed by atoms with Crippen LogP contribution in [-0.2, 0) is 33.6 Å². The number of nitrogens with one attached hydrogen (secondary N) is 8. The number of likely N-dealkylation sites (tertiary alicyclic amines) is 1. The number of aromatic nitrogens is 2. The normalized spacial score (nSPS) is 18.7. The predicted octanol–water partition coefficient (Wildman–Crippen LogP) is 2.44. The fourth-order valence-electron chi connectivity index (χ4n) is 8.69. The Bertz CT molecular complexity index is 2340. The molecule has 3 aliphatic rings. The summed E-state index contributed by atoms with van der Waals surface area (Å²) in [5.41, 5.74) is 0.145. The van der Waals surface area contributed by atoms with Crippen molar-refractivity contribution in [1.29, 1.82) is 0 Å². The molecule has 1 aliphatic heterocycles. The van der Waals surface area contributed by atoms with Gasteiger partial charge in [-0.15, -0.1) is 0 Å². The molecule has 6 atom stereocenters. The van der Waals surface area contributed by atoms with Crippen molar-refractivity contribution in [3.8, 4) is 0 Å². The first-order valence-corrected chi connectivity index (χ1v) is 24.1. The lowest BCUT2D eigenvalue weighted by Gasteiger charge is -2.35. The third-order valence-electron chi connectivity index (χ3n) is 12.7. The van der Waals surface area contributed by atoms with E-state index in [0.29, 0.717) is 30.5 Å². The molecule has 6 rings (SSSR count). The zero-order chi connectivity index (χ0) is 50.4. The summed E-state index contributed by atoms with van der Waals surface area (Å²) >= 11 is 0. The fraction of sp³-hybridized carbons (Fsp3) is 0.500. The Morgan fingerprint density at radius 3 is 2.06 bits per heavy atom. The van der Waals surface area contributed by atoms with E-state index >= 15 is 0 Å². The molecule has 2 aromatic carbocycles. The molecule has 70 heavy (non-hydrogen) atoms. The number of para-hydroxylation sites is 1. The van der Waals surface area contributed by atoms with E-state index in [1.54, 1.807) is 88.4 Å². The lowest BCUT2D eigenvalue weighted by Crippen LogP contribution is -2.61. The summed E-state index contributed by atoms with van der Waals surface area (Å²) in [4.78, 5) is 133. The van der Waals surface area contributed by atoms with Crippen molar-refractivity contribution in [1.82, 2.24) is 52.1 Å². The third kappa shape index (κ3) is 14.6. The largest absolute Gasteiger partial charge is 0.351 e. The summed E-state index contributed by atoms with van der Waals surface area (Å²) in [6.07, 6.45) is 10.2. The molecule has 1 saturated heterocycles. The van der Waals surface area contributed by atoms with Gasteiger partial charge in [0.15, 0.2) is 0 Å². The first-order chi connectivity index (χ1) is 33.5. The zero-order valence-electron chi connectivity index (χ0n) is 40.1. The van der Waals surface area contributed by atoms with Crippen LogP contribution < -0.4 is 42.5 Å². The molecule has 0 unspecified atom stereocenters. The minimum Gasteiger partial charge on any atom is -0.351 e. The molecule has 20 nitrogen and oxygen atoms in total. The van der Waals surface area contributed by atoms with Crippen molar-refractivity contribution in [3.63, 3.8) is 0 Å². The molecular formula is C50H65N11O9. The second-order valence-corrected chi connectivity index (χ2v) is 19.3. The number of carbonyl (C=O) groups excluding carboxylic acids is 9. The highest BCUT2D eigenvalue weighted by Gasteiger charge is 2.45. The van der Waals surface area contributed by atoms with E-state index in [-0.39, 0.29) is 37.2 Å². The second kappa shape index (κ2) is 24.3. The van der Waals surface area contributed by atoms with Gasteiger partial charge in [0.1, 0.15) is 23.8 Å². The van der Waals surface area contributed by atoms with E-state index < -0.39 is 101 Å². The van der Waals surface area contributed by atoms with Crippen LogP contribution in [0.25, 0.3) is 0 Å². The predicted molar refractivity (Wildman–Crippen MR) is 257 cm³/mol. The minimum atomic E-state index is -1.35. The summed E-state index contributed by atoms with van der Waals surface area (Å²) in [6, 6.07) is 11.1. The first-order valence-electron chi connectivity index (χ1n) is 24.1. The number of anilines is 1. The smallest absolute Gasteiger partial charge is 0.321 e. The Morgan fingerprint density at radius 2 is 1.43 bits per heavy atom. The zero-order valence-corrected chi connectivity index (χ0v) is 40.1. The number of Topliss-reactive ketones (excluding diaryl/α,β-unsaturated/α-hetero) is 1. The molecule has 0 spiro atoms. The number of carbonyl (C=O) groups is 9. The Balaban J connectivity index is 1.15. The van der Waals surface area contributed by atoms with Gasteiger partial charge in [-0.05, 0) is 61.1 Å². The van der Waals surface area contributed by atoms with Gasteiger partial charge in [-0.1, -0.05) is 102 Å². The number of nitrogens with zero attached hydrogens (tertiary/aromatic N) is 3. The van der Waals surface area contributed by atoms with Gasteiger partial charge in [0, 0.05) is 37.2 Å². The molecule has 8 N–H and O–H groups in total. The number of hydrogen-bond acceptors (Lipinski definition) is 11. The number of rotatable bonds is 20. The Morgan fingerprint density at radius 1 is 0.743 bits per heavy atom. The molecule has 9 amide bonds. The van der Waals surface area contributed by atoms with E-state index in [1.807, 2.05) is 0 Å². The highest BCUT2D eigenvalue weighted by molar-refractivity contribution is 6.38. The maximum absolute atomic E-state index is 14.5. The van der Waals surface area contributed by atoms with Gasteiger partial charge < -0.3 is 47.4 Å². The lowest BCUT2D eigenvalue weighted by molar-refractivity contribution is -0.141. The Kier molecular flexibility index (Phi) is 18.1. The van der Waals surface area contributed by atoms with E-state index in [1.165, 1.54) is 23.5 Å². The quantitative estimate of drug-likeness (QED) is 0.0762. The van der Waals surface area contributed by atoms with Crippen LogP contribution in [0.2, 0.25) is 0 Å². The number of amides is 9. The van der Waals surface area contributed by atoms with Crippen molar-refractivity contribution < 1.29 is 43.2 Å². The van der Waals surface area contributed by atoms with Crippen LogP contribution in [0.1, 0.15) is 108 Å². The van der Waals surface area contributed by atoms with Gasteiger partial charge in [0.25, 0.3) is 11.8 Å². The van der Waals surface area contributed by atoms with Crippen molar-refractivity contribution in [2.24, 2.45) is 17.3 Å². The monoisotopic (exact) mass is 963 g/mol. The topological polar surface area (TPSA) is 279 Å². The van der Waals surface area contributed by atoms with E-state index in [9.17, 15) is 43.2 Å². The maximum Gasteiger partial charge on any atom is 0.321 e. The van der Waals surface area contributed by atoms with E-state index in [0.717, 1.165) is 32.1 Å². The minimum absolute atomic E-state index is 0.0276. The summed E-state index contributed by atoms with van der Waals surface area (Å²) < 4.78 is 0. The van der Waals surface area contributed by atoms with Gasteiger partial charge in [0.2, 0.25) is 35.3 Å². The van der Waals surface area contributed by atoms with E-state index in [2.05, 4.69) is 52.5 Å². The molecule has 2 heterocycles. The summed E-state index contributed by atoms with van der Waals surface area (Å²) in [5.74, 6) is -7.21. The van der Waals surface area contributed by atoms with Crippen molar-refractivity contribution in [2.75, 3.05) is 25.0 Å². The number of urea groups is 1. The molecule has 1 aromatic heterocycles. The summed E-state index contributed by atoms with van der Waals surface area (Å²) in [6.45, 7) is 6.05. The van der Waals surface area contributed by atoms with Gasteiger partial charge >= 0.3 is 6.03 Å². The van der Waals surface area contributed by atoms with Crippen molar-refractivity contribution in [2.45, 2.75) is 122 Å². The van der Waals surface area contributed by atoms with Gasteiger partial charge in [-0.2, -0.15) is 0 Å². The highest BCUT2D eigenvalue weighted by Crippen LogP contribution is 2.29. The van der Waals surface area contributed by atoms with Crippen LogP contribution in [0.4, 0.5) is 10.5 Å². The average Bonchev–Trinajstić information content (AvgIpc) is 4.08. The lowest BCUT2D eigenvalue weighted by atomic mass is 9.82. The van der Waals surface area contributed by atoms with E-state index in [4.69, 9.17) is 0 Å². The average molecular weight is 964 g/mol. The van der Waals surface area contributed by atoms with Gasteiger partial charge in [-0.3, -0.25) is 43.3 Å². The number of ketones is 1.